The molecule has 0 bridgehead atoms. The Hall–Kier alpha value is -3.36. The van der Waals surface area contributed by atoms with E-state index in [1.165, 1.54) is 22.7 Å². The van der Waals surface area contributed by atoms with Crippen molar-refractivity contribution in [3.63, 3.8) is 0 Å². The van der Waals surface area contributed by atoms with Gasteiger partial charge in [-0.25, -0.2) is 8.42 Å². The van der Waals surface area contributed by atoms with Crippen LogP contribution in [0.2, 0.25) is 0 Å². The van der Waals surface area contributed by atoms with Gasteiger partial charge in [-0.05, 0) is 68.2 Å². The molecule has 2 heterocycles. The second kappa shape index (κ2) is 10.3. The highest BCUT2D eigenvalue weighted by Crippen LogP contribution is 2.36. The number of likely N-dealkylation sites (tertiary alicyclic amines) is 1. The molecule has 188 valence electrons. The van der Waals surface area contributed by atoms with Crippen LogP contribution in [-0.4, -0.2) is 45.0 Å². The second-order valence-electron chi connectivity index (χ2n) is 9.44. The zero-order valence-corrected chi connectivity index (χ0v) is 21.2. The molecule has 0 saturated carbocycles. The van der Waals surface area contributed by atoms with Crippen LogP contribution in [0.1, 0.15) is 29.5 Å². The van der Waals surface area contributed by atoms with Gasteiger partial charge in [-0.15, -0.1) is 0 Å². The van der Waals surface area contributed by atoms with Crippen LogP contribution in [0, 0.1) is 6.92 Å². The minimum absolute atomic E-state index is 0.103. The predicted molar refractivity (Wildman–Crippen MR) is 139 cm³/mol. The van der Waals surface area contributed by atoms with Crippen LogP contribution in [0.4, 0.5) is 5.69 Å². The molecule has 1 atom stereocenters. The molecular formula is C28H31N3O4S. The number of sulfonamides is 1. The number of para-hydroxylation sites is 2. The van der Waals surface area contributed by atoms with Gasteiger partial charge in [0.25, 0.3) is 15.9 Å². The van der Waals surface area contributed by atoms with Gasteiger partial charge in [0.1, 0.15) is 5.75 Å². The molecule has 1 saturated heterocycles. The molecule has 0 aromatic heterocycles. The van der Waals surface area contributed by atoms with Crippen LogP contribution >= 0.6 is 0 Å². The smallest absolute Gasteiger partial charge is 0.264 e. The highest BCUT2D eigenvalue weighted by atomic mass is 32.2. The van der Waals surface area contributed by atoms with Crippen molar-refractivity contribution in [2.75, 3.05) is 23.9 Å². The Labute approximate surface area is 212 Å². The van der Waals surface area contributed by atoms with E-state index in [1.54, 1.807) is 48.5 Å². The maximum atomic E-state index is 13.5. The standard InChI is InChI=1S/C28H31N3O4S/c1-21-8-14-24(15-9-21)36(33,34)31-20-27(35-26-7-3-2-6-25(26)31)28(32)29-18-22-10-12-23(13-11-22)19-30-16-4-5-17-30/h2-3,6-15,27H,4-5,16-20H2,1H3,(H,29,32)/t27-/m1/s1. The number of hydrogen-bond donors (Lipinski definition) is 1. The molecule has 5 rings (SSSR count). The number of fused-ring (bicyclic) bond motifs is 1. The number of hydrogen-bond acceptors (Lipinski definition) is 5. The number of rotatable bonds is 7. The fourth-order valence-electron chi connectivity index (χ4n) is 4.67. The number of carbonyl (C=O) groups excluding carboxylic acids is 1. The van der Waals surface area contributed by atoms with Crippen molar-refractivity contribution >= 4 is 21.6 Å². The Morgan fingerprint density at radius 2 is 1.61 bits per heavy atom. The van der Waals surface area contributed by atoms with Gasteiger partial charge >= 0.3 is 0 Å². The van der Waals surface area contributed by atoms with Gasteiger partial charge in [0, 0.05) is 13.1 Å². The van der Waals surface area contributed by atoms with Gasteiger partial charge in [-0.2, -0.15) is 0 Å². The number of anilines is 1. The summed E-state index contributed by atoms with van der Waals surface area (Å²) in [4.78, 5) is 15.7. The highest BCUT2D eigenvalue weighted by molar-refractivity contribution is 7.92. The highest BCUT2D eigenvalue weighted by Gasteiger charge is 2.37. The van der Waals surface area contributed by atoms with Gasteiger partial charge in [-0.3, -0.25) is 14.0 Å². The molecule has 7 nitrogen and oxygen atoms in total. The normalized spacial score (nSPS) is 17.9. The van der Waals surface area contributed by atoms with E-state index < -0.39 is 16.1 Å². The molecule has 1 fully saturated rings. The first kappa shape index (κ1) is 24.3. The Balaban J connectivity index is 1.28. The Bertz CT molecular complexity index is 1320. The van der Waals surface area contributed by atoms with Crippen molar-refractivity contribution in [3.8, 4) is 5.75 Å². The van der Waals surface area contributed by atoms with Crippen molar-refractivity contribution in [2.24, 2.45) is 0 Å². The number of nitrogens with zero attached hydrogens (tertiary/aromatic N) is 2. The summed E-state index contributed by atoms with van der Waals surface area (Å²) >= 11 is 0. The lowest BCUT2D eigenvalue weighted by molar-refractivity contribution is -0.127. The van der Waals surface area contributed by atoms with Crippen LogP contribution in [-0.2, 0) is 27.9 Å². The van der Waals surface area contributed by atoms with Crippen LogP contribution in [0.3, 0.4) is 0 Å². The summed E-state index contributed by atoms with van der Waals surface area (Å²) in [6.07, 6.45) is 1.57. The summed E-state index contributed by atoms with van der Waals surface area (Å²) < 4.78 is 34.2. The fraction of sp³-hybridized carbons (Fsp3) is 0.321. The lowest BCUT2D eigenvalue weighted by Gasteiger charge is -2.34. The molecular weight excluding hydrogens is 474 g/mol. The maximum absolute atomic E-state index is 13.5. The van der Waals surface area contributed by atoms with Crippen LogP contribution in [0.25, 0.3) is 0 Å². The third kappa shape index (κ3) is 5.24. The molecule has 3 aromatic carbocycles. The quantitative estimate of drug-likeness (QED) is 0.528. The zero-order valence-electron chi connectivity index (χ0n) is 20.4. The lowest BCUT2D eigenvalue weighted by Crippen LogP contribution is -2.50. The van der Waals surface area contributed by atoms with E-state index in [4.69, 9.17) is 4.74 Å². The number of carbonyl (C=O) groups is 1. The first-order valence-electron chi connectivity index (χ1n) is 12.3. The first-order chi connectivity index (χ1) is 17.4. The van der Waals surface area contributed by atoms with E-state index in [1.807, 2.05) is 19.1 Å². The molecule has 1 amide bonds. The van der Waals surface area contributed by atoms with Gasteiger partial charge in [0.2, 0.25) is 0 Å². The molecule has 0 aliphatic carbocycles. The van der Waals surface area contributed by atoms with Gasteiger partial charge < -0.3 is 10.1 Å². The van der Waals surface area contributed by atoms with Crippen molar-refractivity contribution in [1.82, 2.24) is 10.2 Å². The zero-order chi connectivity index (χ0) is 25.1. The largest absolute Gasteiger partial charge is 0.476 e. The summed E-state index contributed by atoms with van der Waals surface area (Å²) in [5, 5.41) is 2.92. The number of nitrogens with one attached hydrogen (secondary N) is 1. The van der Waals surface area contributed by atoms with Crippen molar-refractivity contribution in [3.05, 3.63) is 89.5 Å². The SMILES string of the molecule is Cc1ccc(S(=O)(=O)N2C[C@H](C(=O)NCc3ccc(CN4CCCC4)cc3)Oc3ccccc32)cc1. The van der Waals surface area contributed by atoms with E-state index in [2.05, 4.69) is 22.3 Å². The minimum atomic E-state index is -3.87. The first-order valence-corrected chi connectivity index (χ1v) is 13.8. The predicted octanol–water partition coefficient (Wildman–Crippen LogP) is 3.86. The average molecular weight is 506 g/mol. The Morgan fingerprint density at radius 1 is 0.944 bits per heavy atom. The van der Waals surface area contributed by atoms with Crippen LogP contribution in [0.5, 0.6) is 5.75 Å². The van der Waals surface area contributed by atoms with Crippen LogP contribution < -0.4 is 14.4 Å². The molecule has 1 N–H and O–H groups in total. The van der Waals surface area contributed by atoms with Gasteiger partial charge in [0.05, 0.1) is 17.1 Å². The Morgan fingerprint density at radius 3 is 2.33 bits per heavy atom. The topological polar surface area (TPSA) is 79.0 Å². The van der Waals surface area contributed by atoms with Gasteiger partial charge in [-0.1, -0.05) is 54.1 Å². The third-order valence-electron chi connectivity index (χ3n) is 6.73. The van der Waals surface area contributed by atoms with Crippen LogP contribution in [0.15, 0.2) is 77.7 Å². The molecule has 8 heteroatoms. The minimum Gasteiger partial charge on any atom is -0.476 e. The summed E-state index contributed by atoms with van der Waals surface area (Å²) in [6.45, 7) is 5.40. The van der Waals surface area contributed by atoms with Crippen molar-refractivity contribution < 1.29 is 17.9 Å². The summed E-state index contributed by atoms with van der Waals surface area (Å²) in [5.41, 5.74) is 3.64. The molecule has 36 heavy (non-hydrogen) atoms. The number of aryl methyl sites for hydroxylation is 1. The number of benzene rings is 3. The molecule has 2 aliphatic heterocycles. The lowest BCUT2D eigenvalue weighted by atomic mass is 10.1. The molecule has 0 unspecified atom stereocenters. The van der Waals surface area contributed by atoms with E-state index in [0.717, 1.165) is 30.8 Å². The summed E-state index contributed by atoms with van der Waals surface area (Å²) in [5.74, 6) is 0.0144. The summed E-state index contributed by atoms with van der Waals surface area (Å²) in [6, 6.07) is 21.9. The van der Waals surface area contributed by atoms with E-state index in [-0.39, 0.29) is 17.3 Å². The van der Waals surface area contributed by atoms with Gasteiger partial charge in [0.15, 0.2) is 6.10 Å². The monoisotopic (exact) mass is 505 g/mol. The summed E-state index contributed by atoms with van der Waals surface area (Å²) in [7, 11) is -3.87. The van der Waals surface area contributed by atoms with E-state index in [9.17, 15) is 13.2 Å². The van der Waals surface area contributed by atoms with Crippen molar-refractivity contribution in [2.45, 2.75) is 43.9 Å². The number of ether oxygens (including phenoxy) is 1. The average Bonchev–Trinajstić information content (AvgIpc) is 3.41. The number of amides is 1. The Kier molecular flexibility index (Phi) is 6.98. The second-order valence-corrected chi connectivity index (χ2v) is 11.3. The van der Waals surface area contributed by atoms with E-state index >= 15 is 0 Å². The molecule has 0 spiro atoms. The van der Waals surface area contributed by atoms with E-state index in [0.29, 0.717) is 18.0 Å². The third-order valence-corrected chi connectivity index (χ3v) is 8.52. The maximum Gasteiger partial charge on any atom is 0.264 e. The molecule has 3 aromatic rings. The fourth-order valence-corrected chi connectivity index (χ4v) is 6.14. The van der Waals surface area contributed by atoms with Crippen molar-refractivity contribution in [1.29, 1.82) is 0 Å². The molecule has 2 aliphatic rings. The molecule has 0 radical (unpaired) electrons.